The van der Waals surface area contributed by atoms with Crippen LogP contribution in [0.25, 0.3) is 10.8 Å². The highest BCUT2D eigenvalue weighted by Gasteiger charge is 2.59. The number of nitrogens with one attached hydrogen (secondary N) is 2. The minimum Gasteiger partial charge on any atom is -0.481 e. The summed E-state index contributed by atoms with van der Waals surface area (Å²) in [5.74, 6) is -2.51. The third kappa shape index (κ3) is 5.05. The van der Waals surface area contributed by atoms with Gasteiger partial charge in [0.25, 0.3) is 5.91 Å². The number of fused-ring (bicyclic) bond motifs is 3. The average Bonchev–Trinajstić information content (AvgIpc) is 3.45. The summed E-state index contributed by atoms with van der Waals surface area (Å²) in [5, 5.41) is 16.0. The van der Waals surface area contributed by atoms with Gasteiger partial charge in [-0.05, 0) is 42.0 Å². The Hall–Kier alpha value is -3.82. The summed E-state index contributed by atoms with van der Waals surface area (Å²) in [7, 11) is 0. The maximum atomic E-state index is 14.0. The third-order valence-electron chi connectivity index (χ3n) is 7.39. The summed E-state index contributed by atoms with van der Waals surface area (Å²) >= 11 is 0. The average molecular weight is 509 g/mol. The van der Waals surface area contributed by atoms with Crippen LogP contribution in [0.1, 0.15) is 56.9 Å². The molecule has 0 radical (unpaired) electrons. The van der Waals surface area contributed by atoms with Crippen molar-refractivity contribution in [1.82, 2.24) is 20.5 Å². The molecule has 0 unspecified atom stereocenters. The van der Waals surface area contributed by atoms with Gasteiger partial charge < -0.3 is 25.4 Å². The van der Waals surface area contributed by atoms with Gasteiger partial charge in [-0.3, -0.25) is 24.2 Å². The number of amides is 3. The second-order valence-electron chi connectivity index (χ2n) is 11.1. The number of likely N-dealkylation sites (tertiary alicyclic amines) is 1. The summed E-state index contributed by atoms with van der Waals surface area (Å²) in [4.78, 5) is 69.0. The molecule has 1 aromatic carbocycles. The van der Waals surface area contributed by atoms with Crippen molar-refractivity contribution in [1.29, 1.82) is 0 Å². The number of hydrogen-bond donors (Lipinski definition) is 3. The first-order valence-corrected chi connectivity index (χ1v) is 12.4. The first-order valence-electron chi connectivity index (χ1n) is 12.4. The number of carbonyl (C=O) groups is 5. The molecular formula is C27H32N4O6. The number of aromatic nitrogens is 1. The van der Waals surface area contributed by atoms with Crippen molar-refractivity contribution in [3.8, 4) is 0 Å². The molecule has 1 saturated heterocycles. The minimum absolute atomic E-state index is 0.111. The number of benzene rings is 1. The van der Waals surface area contributed by atoms with E-state index >= 15 is 0 Å². The molecule has 10 nitrogen and oxygen atoms in total. The van der Waals surface area contributed by atoms with Gasteiger partial charge in [0, 0.05) is 18.1 Å². The number of carbonyl (C=O) groups excluding carboxylic acids is 4. The van der Waals surface area contributed by atoms with E-state index < -0.39 is 47.2 Å². The van der Waals surface area contributed by atoms with Crippen LogP contribution in [0, 0.1) is 11.3 Å². The van der Waals surface area contributed by atoms with Gasteiger partial charge >= 0.3 is 5.97 Å². The molecule has 37 heavy (non-hydrogen) atoms. The molecule has 2 aliphatic rings. The second kappa shape index (κ2) is 9.91. The van der Waals surface area contributed by atoms with Crippen LogP contribution >= 0.6 is 0 Å². The van der Waals surface area contributed by atoms with Gasteiger partial charge in [-0.25, -0.2) is 0 Å². The van der Waals surface area contributed by atoms with Gasteiger partial charge in [0.1, 0.15) is 23.6 Å². The van der Waals surface area contributed by atoms with Crippen molar-refractivity contribution in [2.45, 2.75) is 64.1 Å². The monoisotopic (exact) mass is 508 g/mol. The van der Waals surface area contributed by atoms with Crippen molar-refractivity contribution in [2.24, 2.45) is 11.3 Å². The number of rotatable bonds is 8. The Labute approximate surface area is 214 Å². The Kier molecular flexibility index (Phi) is 7.03. The van der Waals surface area contributed by atoms with Crippen LogP contribution in [0.4, 0.5) is 0 Å². The van der Waals surface area contributed by atoms with Crippen LogP contribution in [0.2, 0.25) is 0 Å². The molecule has 4 rings (SSSR count). The smallest absolute Gasteiger partial charge is 0.305 e. The molecule has 2 fully saturated rings. The Morgan fingerprint density at radius 1 is 1.19 bits per heavy atom. The molecule has 1 aliphatic carbocycles. The molecule has 2 bridgehead atoms. The Morgan fingerprint density at radius 2 is 1.92 bits per heavy atom. The summed E-state index contributed by atoms with van der Waals surface area (Å²) in [6.45, 7) is 5.86. The summed E-state index contributed by atoms with van der Waals surface area (Å²) in [6.07, 6.45) is 2.98. The van der Waals surface area contributed by atoms with Gasteiger partial charge in [0.15, 0.2) is 0 Å². The molecule has 3 amide bonds. The maximum absolute atomic E-state index is 14.0. The Bertz CT molecular complexity index is 1250. The lowest BCUT2D eigenvalue weighted by molar-refractivity contribution is -0.150. The van der Waals surface area contributed by atoms with Crippen LogP contribution in [0.5, 0.6) is 0 Å². The highest BCUT2D eigenvalue weighted by molar-refractivity contribution is 6.07. The van der Waals surface area contributed by atoms with Crippen LogP contribution in [-0.4, -0.2) is 69.1 Å². The number of aldehydes is 1. The van der Waals surface area contributed by atoms with Crippen LogP contribution in [0.15, 0.2) is 36.5 Å². The quantitative estimate of drug-likeness (QED) is 0.462. The van der Waals surface area contributed by atoms with E-state index in [1.54, 1.807) is 18.3 Å². The number of carboxylic acid groups (broad SMARTS) is 1. The number of piperidine rings is 1. The second-order valence-corrected chi connectivity index (χ2v) is 11.1. The topological polar surface area (TPSA) is 146 Å². The fourth-order valence-electron chi connectivity index (χ4n) is 5.52. The Morgan fingerprint density at radius 3 is 2.57 bits per heavy atom. The standard InChI is InChI=1S/C27H32N4O6/c1-26(2,3)22(30-23(35)21-19-7-5-4-6-17(19)9-11-28-21)24(36)31-14-16-8-10-27(31,13-16)25(37)29-18(15-32)12-20(33)34/h4-7,9,11,15-16,18,22H,8,10,12-14H2,1-3H3,(H,29,37)(H,30,35)(H,33,34)/t16-,18+,22-,27+/m1/s1. The van der Waals surface area contributed by atoms with Crippen molar-refractivity contribution in [3.63, 3.8) is 0 Å². The highest BCUT2D eigenvalue weighted by atomic mass is 16.4. The SMILES string of the molecule is CC(C)(C)[C@H](NC(=O)c1nccc2ccccc12)C(=O)N1C[C@@H]2CC[C@@]1(C(=O)N[C@H](C=O)CC(=O)O)C2. The van der Waals surface area contributed by atoms with E-state index in [-0.39, 0.29) is 17.5 Å². The van der Waals surface area contributed by atoms with Crippen molar-refractivity contribution in [2.75, 3.05) is 6.54 Å². The van der Waals surface area contributed by atoms with Gasteiger partial charge in [0.05, 0.1) is 12.5 Å². The zero-order valence-corrected chi connectivity index (χ0v) is 21.2. The van der Waals surface area contributed by atoms with E-state index in [0.717, 1.165) is 11.8 Å². The van der Waals surface area contributed by atoms with Crippen LogP contribution in [0.3, 0.4) is 0 Å². The summed E-state index contributed by atoms with van der Waals surface area (Å²) in [5.41, 5.74) is -1.67. The van der Waals surface area contributed by atoms with Crippen molar-refractivity contribution < 1.29 is 29.1 Å². The molecular weight excluding hydrogens is 476 g/mol. The summed E-state index contributed by atoms with van der Waals surface area (Å²) in [6, 6.07) is 7.01. The van der Waals surface area contributed by atoms with Gasteiger partial charge in [-0.1, -0.05) is 45.0 Å². The van der Waals surface area contributed by atoms with Crippen molar-refractivity contribution >= 4 is 40.7 Å². The van der Waals surface area contributed by atoms with Crippen molar-refractivity contribution in [3.05, 3.63) is 42.2 Å². The number of pyridine rings is 1. The van der Waals surface area contributed by atoms with E-state index in [1.807, 2.05) is 39.0 Å². The molecule has 4 atom stereocenters. The van der Waals surface area contributed by atoms with E-state index in [4.69, 9.17) is 5.11 Å². The van der Waals surface area contributed by atoms with E-state index in [2.05, 4.69) is 15.6 Å². The number of aliphatic carboxylic acids is 1. The number of nitrogens with zero attached hydrogens (tertiary/aromatic N) is 2. The molecule has 2 aromatic rings. The summed E-state index contributed by atoms with van der Waals surface area (Å²) < 4.78 is 0. The lowest BCUT2D eigenvalue weighted by Gasteiger charge is -2.42. The fraction of sp³-hybridized carbons (Fsp3) is 0.481. The molecule has 3 N–H and O–H groups in total. The van der Waals surface area contributed by atoms with Crippen LogP contribution in [-0.2, 0) is 19.2 Å². The first-order chi connectivity index (χ1) is 17.5. The molecule has 1 saturated carbocycles. The molecule has 0 spiro atoms. The van der Waals surface area contributed by atoms with E-state index in [1.165, 1.54) is 4.90 Å². The highest BCUT2D eigenvalue weighted by Crippen LogP contribution is 2.47. The molecule has 1 aromatic heterocycles. The fourth-order valence-corrected chi connectivity index (χ4v) is 5.52. The zero-order valence-electron chi connectivity index (χ0n) is 21.2. The Balaban J connectivity index is 1.61. The lowest BCUT2D eigenvalue weighted by atomic mass is 9.84. The molecule has 196 valence electrons. The normalized spacial score (nSPS) is 22.4. The van der Waals surface area contributed by atoms with Crippen LogP contribution < -0.4 is 10.6 Å². The first kappa shape index (κ1) is 26.2. The van der Waals surface area contributed by atoms with Gasteiger partial charge in [-0.15, -0.1) is 0 Å². The predicted octanol–water partition coefficient (Wildman–Crippen LogP) is 1.92. The van der Waals surface area contributed by atoms with Gasteiger partial charge in [-0.2, -0.15) is 0 Å². The molecule has 10 heteroatoms. The molecule has 1 aliphatic heterocycles. The number of carboxylic acids is 1. The number of hydrogen-bond acceptors (Lipinski definition) is 6. The minimum atomic E-state index is -1.21. The lowest BCUT2D eigenvalue weighted by Crippen LogP contribution is -2.64. The van der Waals surface area contributed by atoms with E-state index in [9.17, 15) is 24.0 Å². The van der Waals surface area contributed by atoms with E-state index in [0.29, 0.717) is 31.1 Å². The third-order valence-corrected chi connectivity index (χ3v) is 7.39. The predicted molar refractivity (Wildman–Crippen MR) is 134 cm³/mol. The largest absolute Gasteiger partial charge is 0.481 e. The van der Waals surface area contributed by atoms with Gasteiger partial charge in [0.2, 0.25) is 11.8 Å². The maximum Gasteiger partial charge on any atom is 0.305 e. The molecule has 2 heterocycles. The zero-order chi connectivity index (χ0) is 27.0.